The topological polar surface area (TPSA) is 22.1 Å². The molecular weight excluding hydrogens is 222 g/mol. The van der Waals surface area contributed by atoms with Crippen molar-refractivity contribution in [2.24, 2.45) is 0 Å². The molecule has 0 spiro atoms. The highest BCUT2D eigenvalue weighted by atomic mass is 16.5. The third kappa shape index (κ3) is 2.33. The molecule has 1 aromatic heterocycles. The van der Waals surface area contributed by atoms with Crippen LogP contribution in [0.2, 0.25) is 0 Å². The summed E-state index contributed by atoms with van der Waals surface area (Å²) in [6, 6.07) is 22.1. The Morgan fingerprint density at radius 3 is 2.44 bits per heavy atom. The van der Waals surface area contributed by atoms with Gasteiger partial charge in [-0.25, -0.2) is 4.98 Å². The van der Waals surface area contributed by atoms with E-state index in [1.807, 2.05) is 66.7 Å². The van der Waals surface area contributed by atoms with Gasteiger partial charge in [-0.05, 0) is 17.7 Å². The minimum absolute atomic E-state index is 0.548. The van der Waals surface area contributed by atoms with Crippen LogP contribution in [0.15, 0.2) is 66.7 Å². The molecule has 0 fully saturated rings. The Kier molecular flexibility index (Phi) is 2.92. The first kappa shape index (κ1) is 10.8. The summed E-state index contributed by atoms with van der Waals surface area (Å²) in [5.74, 6) is 0.664. The van der Waals surface area contributed by atoms with Crippen LogP contribution >= 0.6 is 0 Å². The minimum Gasteiger partial charge on any atom is -0.473 e. The van der Waals surface area contributed by atoms with Crippen molar-refractivity contribution in [3.63, 3.8) is 0 Å². The molecule has 2 heteroatoms. The predicted molar refractivity (Wildman–Crippen MR) is 72.5 cm³/mol. The first-order valence-corrected chi connectivity index (χ1v) is 5.94. The average molecular weight is 235 g/mol. The van der Waals surface area contributed by atoms with Gasteiger partial charge in [0.2, 0.25) is 5.88 Å². The number of para-hydroxylation sites is 1. The fourth-order valence-corrected chi connectivity index (χ4v) is 1.86. The normalized spacial score (nSPS) is 10.4. The van der Waals surface area contributed by atoms with Crippen molar-refractivity contribution in [1.29, 1.82) is 0 Å². The fourth-order valence-electron chi connectivity index (χ4n) is 1.86. The van der Waals surface area contributed by atoms with E-state index in [4.69, 9.17) is 4.74 Å². The van der Waals surface area contributed by atoms with E-state index in [0.717, 1.165) is 16.5 Å². The largest absolute Gasteiger partial charge is 0.473 e. The number of hydrogen-bond acceptors (Lipinski definition) is 2. The number of nitrogens with zero attached hydrogens (tertiary/aromatic N) is 1. The van der Waals surface area contributed by atoms with Crippen molar-refractivity contribution >= 4 is 10.9 Å². The number of rotatable bonds is 3. The van der Waals surface area contributed by atoms with Crippen LogP contribution in [0.3, 0.4) is 0 Å². The molecule has 0 saturated carbocycles. The third-order valence-corrected chi connectivity index (χ3v) is 2.80. The summed E-state index contributed by atoms with van der Waals surface area (Å²) in [4.78, 5) is 4.47. The minimum atomic E-state index is 0.548. The summed E-state index contributed by atoms with van der Waals surface area (Å²) in [6.45, 7) is 0.548. The van der Waals surface area contributed by atoms with Crippen LogP contribution in [-0.4, -0.2) is 4.98 Å². The first-order valence-electron chi connectivity index (χ1n) is 5.94. The molecule has 0 amide bonds. The number of aromatic nitrogens is 1. The molecule has 0 aliphatic heterocycles. The molecule has 0 saturated heterocycles. The van der Waals surface area contributed by atoms with E-state index in [1.54, 1.807) is 0 Å². The summed E-state index contributed by atoms with van der Waals surface area (Å²) < 4.78 is 5.69. The molecule has 0 atom stereocenters. The first-order chi connectivity index (χ1) is 8.92. The molecule has 1 heterocycles. The number of ether oxygens (including phenoxy) is 1. The van der Waals surface area contributed by atoms with Gasteiger partial charge in [0.1, 0.15) is 6.61 Å². The quantitative estimate of drug-likeness (QED) is 0.688. The van der Waals surface area contributed by atoms with E-state index < -0.39 is 0 Å². The maximum Gasteiger partial charge on any atom is 0.214 e. The van der Waals surface area contributed by atoms with Crippen molar-refractivity contribution in [2.75, 3.05) is 0 Å². The summed E-state index contributed by atoms with van der Waals surface area (Å²) in [5.41, 5.74) is 2.11. The summed E-state index contributed by atoms with van der Waals surface area (Å²) >= 11 is 0. The highest BCUT2D eigenvalue weighted by Crippen LogP contribution is 2.16. The van der Waals surface area contributed by atoms with Crippen molar-refractivity contribution in [3.05, 3.63) is 72.3 Å². The molecule has 0 aliphatic rings. The van der Waals surface area contributed by atoms with E-state index in [2.05, 4.69) is 4.98 Å². The standard InChI is InChI=1S/C16H13NO/c1-2-6-13(7-3-1)12-18-16-11-10-14-8-4-5-9-15(14)17-16/h1-11H,12H2. The van der Waals surface area contributed by atoms with E-state index in [9.17, 15) is 0 Å². The lowest BCUT2D eigenvalue weighted by Gasteiger charge is -2.06. The lowest BCUT2D eigenvalue weighted by atomic mass is 10.2. The summed E-state index contributed by atoms with van der Waals surface area (Å²) in [7, 11) is 0. The van der Waals surface area contributed by atoms with E-state index in [1.165, 1.54) is 0 Å². The van der Waals surface area contributed by atoms with Gasteiger partial charge in [0, 0.05) is 11.5 Å². The van der Waals surface area contributed by atoms with Gasteiger partial charge in [-0.2, -0.15) is 0 Å². The number of pyridine rings is 1. The van der Waals surface area contributed by atoms with Crippen LogP contribution in [0, 0.1) is 0 Å². The molecule has 0 unspecified atom stereocenters. The Hall–Kier alpha value is -2.35. The van der Waals surface area contributed by atoms with Crippen LogP contribution < -0.4 is 4.74 Å². The second-order valence-corrected chi connectivity index (χ2v) is 4.12. The third-order valence-electron chi connectivity index (χ3n) is 2.80. The van der Waals surface area contributed by atoms with Crippen molar-refractivity contribution in [3.8, 4) is 5.88 Å². The Morgan fingerprint density at radius 1 is 0.778 bits per heavy atom. The number of hydrogen-bond donors (Lipinski definition) is 0. The van der Waals surface area contributed by atoms with Crippen molar-refractivity contribution in [1.82, 2.24) is 4.98 Å². The smallest absolute Gasteiger partial charge is 0.214 e. The molecule has 0 N–H and O–H groups in total. The molecule has 2 aromatic carbocycles. The molecule has 0 aliphatic carbocycles. The number of benzene rings is 2. The van der Waals surface area contributed by atoms with Gasteiger partial charge in [-0.3, -0.25) is 0 Å². The average Bonchev–Trinajstić information content (AvgIpc) is 2.46. The van der Waals surface area contributed by atoms with Crippen LogP contribution in [0.1, 0.15) is 5.56 Å². The molecule has 2 nitrogen and oxygen atoms in total. The molecule has 0 bridgehead atoms. The monoisotopic (exact) mass is 235 g/mol. The van der Waals surface area contributed by atoms with Gasteiger partial charge in [0.15, 0.2) is 0 Å². The highest BCUT2D eigenvalue weighted by molar-refractivity contribution is 5.78. The fraction of sp³-hybridized carbons (Fsp3) is 0.0625. The second-order valence-electron chi connectivity index (χ2n) is 4.12. The van der Waals surface area contributed by atoms with Crippen LogP contribution in [0.4, 0.5) is 0 Å². The zero-order valence-electron chi connectivity index (χ0n) is 9.91. The van der Waals surface area contributed by atoms with Gasteiger partial charge in [0.05, 0.1) is 5.52 Å². The molecule has 88 valence electrons. The summed E-state index contributed by atoms with van der Waals surface area (Å²) in [6.07, 6.45) is 0. The second kappa shape index (κ2) is 4.88. The lowest BCUT2D eigenvalue weighted by Crippen LogP contribution is -1.96. The Labute approximate surface area is 106 Å². The van der Waals surface area contributed by atoms with Gasteiger partial charge >= 0.3 is 0 Å². The summed E-state index contributed by atoms with van der Waals surface area (Å²) in [5, 5.41) is 1.13. The van der Waals surface area contributed by atoms with Gasteiger partial charge < -0.3 is 4.74 Å². The maximum atomic E-state index is 5.69. The zero-order valence-corrected chi connectivity index (χ0v) is 9.91. The Morgan fingerprint density at radius 2 is 1.56 bits per heavy atom. The predicted octanol–water partition coefficient (Wildman–Crippen LogP) is 3.81. The Bertz CT molecular complexity index is 649. The number of fused-ring (bicyclic) bond motifs is 1. The van der Waals surface area contributed by atoms with Gasteiger partial charge in [-0.1, -0.05) is 48.5 Å². The van der Waals surface area contributed by atoms with Crippen LogP contribution in [0.25, 0.3) is 10.9 Å². The SMILES string of the molecule is c1ccc(COc2ccc3ccccc3n2)cc1. The van der Waals surface area contributed by atoms with Gasteiger partial charge in [0.25, 0.3) is 0 Å². The van der Waals surface area contributed by atoms with Crippen LogP contribution in [-0.2, 0) is 6.61 Å². The maximum absolute atomic E-state index is 5.69. The van der Waals surface area contributed by atoms with Gasteiger partial charge in [-0.15, -0.1) is 0 Å². The van der Waals surface area contributed by atoms with E-state index in [0.29, 0.717) is 12.5 Å². The Balaban J connectivity index is 1.79. The molecule has 3 rings (SSSR count). The highest BCUT2D eigenvalue weighted by Gasteiger charge is 1.99. The zero-order chi connectivity index (χ0) is 12.2. The van der Waals surface area contributed by atoms with E-state index in [-0.39, 0.29) is 0 Å². The molecule has 3 aromatic rings. The molecule has 0 radical (unpaired) electrons. The van der Waals surface area contributed by atoms with Crippen molar-refractivity contribution < 1.29 is 4.74 Å². The van der Waals surface area contributed by atoms with Crippen molar-refractivity contribution in [2.45, 2.75) is 6.61 Å². The molecule has 18 heavy (non-hydrogen) atoms. The van der Waals surface area contributed by atoms with E-state index >= 15 is 0 Å². The lowest BCUT2D eigenvalue weighted by molar-refractivity contribution is 0.295. The molecular formula is C16H13NO. The van der Waals surface area contributed by atoms with Crippen LogP contribution in [0.5, 0.6) is 5.88 Å².